The van der Waals surface area contributed by atoms with Gasteiger partial charge in [-0.25, -0.2) is 4.37 Å². The first-order chi connectivity index (χ1) is 6.92. The molecule has 2 aliphatic rings. The molecule has 3 atom stereocenters. The molecular weight excluding hydrogens is 198 g/mol. The Balaban J connectivity index is 1.77. The summed E-state index contributed by atoms with van der Waals surface area (Å²) in [6.07, 6.45) is 1.83. The molecule has 5 heteroatoms. The van der Waals surface area contributed by atoms with Crippen LogP contribution in [0.2, 0.25) is 0 Å². The van der Waals surface area contributed by atoms with E-state index in [1.807, 2.05) is 12.3 Å². The Morgan fingerprint density at radius 2 is 2.36 bits per heavy atom. The molecular formula is C9H13N3OS. The van der Waals surface area contributed by atoms with Crippen molar-refractivity contribution in [3.05, 3.63) is 17.1 Å². The van der Waals surface area contributed by atoms with Gasteiger partial charge in [0.15, 0.2) is 0 Å². The van der Waals surface area contributed by atoms with Crippen molar-refractivity contribution < 1.29 is 4.74 Å². The zero-order valence-electron chi connectivity index (χ0n) is 7.72. The highest BCUT2D eigenvalue weighted by molar-refractivity contribution is 7.05. The molecule has 1 aromatic rings. The van der Waals surface area contributed by atoms with Crippen LogP contribution in [-0.2, 0) is 4.74 Å². The van der Waals surface area contributed by atoms with E-state index in [1.54, 1.807) is 0 Å². The van der Waals surface area contributed by atoms with Crippen LogP contribution in [0.25, 0.3) is 0 Å². The lowest BCUT2D eigenvalue weighted by molar-refractivity contribution is 0.143. The van der Waals surface area contributed by atoms with Gasteiger partial charge in [-0.1, -0.05) is 0 Å². The molecule has 1 aliphatic carbocycles. The van der Waals surface area contributed by atoms with E-state index in [4.69, 9.17) is 10.6 Å². The van der Waals surface area contributed by atoms with Gasteiger partial charge in [0.2, 0.25) is 0 Å². The third-order valence-electron chi connectivity index (χ3n) is 3.35. The predicted octanol–water partition coefficient (Wildman–Crippen LogP) is 0.540. The minimum atomic E-state index is 0.279. The van der Waals surface area contributed by atoms with E-state index in [-0.39, 0.29) is 6.04 Å². The summed E-state index contributed by atoms with van der Waals surface area (Å²) in [5.41, 5.74) is 2.91. The topological polar surface area (TPSA) is 60.2 Å². The highest BCUT2D eigenvalue weighted by Gasteiger charge is 2.57. The Morgan fingerprint density at radius 3 is 2.93 bits per heavy atom. The molecule has 0 spiro atoms. The van der Waals surface area contributed by atoms with E-state index < -0.39 is 0 Å². The van der Waals surface area contributed by atoms with E-state index in [2.05, 4.69) is 9.80 Å². The van der Waals surface area contributed by atoms with E-state index in [0.29, 0.717) is 5.92 Å². The maximum absolute atomic E-state index is 5.60. The molecule has 3 N–H and O–H groups in total. The monoisotopic (exact) mass is 211 g/mol. The second-order valence-corrected chi connectivity index (χ2v) is 4.87. The van der Waals surface area contributed by atoms with Crippen molar-refractivity contribution >= 4 is 11.5 Å². The number of aromatic nitrogens is 1. The molecule has 0 amide bonds. The van der Waals surface area contributed by atoms with Crippen LogP contribution in [-0.4, -0.2) is 17.6 Å². The molecule has 2 fully saturated rings. The number of fused-ring (bicyclic) bond motifs is 1. The summed E-state index contributed by atoms with van der Waals surface area (Å²) in [6.45, 7) is 1.82. The molecule has 4 nitrogen and oxygen atoms in total. The lowest BCUT2D eigenvalue weighted by Gasteiger charge is -2.15. The zero-order chi connectivity index (χ0) is 9.54. The Kier molecular flexibility index (Phi) is 2.05. The van der Waals surface area contributed by atoms with Gasteiger partial charge in [0, 0.05) is 11.1 Å². The normalized spacial score (nSPS) is 36.8. The standard InChI is InChI=1S/C9H13N3OS/c10-12-9(7-1-2-11-14-7)8-5-3-13-4-6(5)8/h1-2,5-6,8-9,12H,3-4,10H2. The summed E-state index contributed by atoms with van der Waals surface area (Å²) in [5, 5.41) is 0. The average Bonchev–Trinajstić information content (AvgIpc) is 2.67. The van der Waals surface area contributed by atoms with Crippen LogP contribution in [0.5, 0.6) is 0 Å². The third kappa shape index (κ3) is 1.20. The maximum atomic E-state index is 5.60. The highest BCUT2D eigenvalue weighted by Crippen LogP contribution is 2.56. The number of hydrogen-bond acceptors (Lipinski definition) is 5. The maximum Gasteiger partial charge on any atom is 0.0604 e. The zero-order valence-corrected chi connectivity index (χ0v) is 8.54. The quantitative estimate of drug-likeness (QED) is 0.566. The summed E-state index contributed by atoms with van der Waals surface area (Å²) >= 11 is 1.53. The summed E-state index contributed by atoms with van der Waals surface area (Å²) in [5.74, 6) is 7.70. The molecule has 0 bridgehead atoms. The number of nitrogens with two attached hydrogens (primary N) is 1. The Hall–Kier alpha value is -0.490. The average molecular weight is 211 g/mol. The molecule has 1 aromatic heterocycles. The second-order valence-electron chi connectivity index (χ2n) is 4.00. The van der Waals surface area contributed by atoms with Gasteiger partial charge in [-0.15, -0.1) is 0 Å². The molecule has 1 aliphatic heterocycles. The second kappa shape index (κ2) is 3.27. The smallest absolute Gasteiger partial charge is 0.0604 e. The summed E-state index contributed by atoms with van der Waals surface area (Å²) in [7, 11) is 0. The minimum Gasteiger partial charge on any atom is -0.381 e. The van der Waals surface area contributed by atoms with Gasteiger partial charge < -0.3 is 4.74 Å². The summed E-state index contributed by atoms with van der Waals surface area (Å²) < 4.78 is 9.48. The van der Waals surface area contributed by atoms with Crippen LogP contribution in [0.1, 0.15) is 10.9 Å². The minimum absolute atomic E-state index is 0.279. The SMILES string of the molecule is NNC(c1ccns1)C1C2COCC21. The summed E-state index contributed by atoms with van der Waals surface area (Å²) in [6, 6.07) is 2.32. The molecule has 14 heavy (non-hydrogen) atoms. The van der Waals surface area contributed by atoms with E-state index in [0.717, 1.165) is 25.0 Å². The molecule has 0 aromatic carbocycles. The number of nitrogens with zero attached hydrogens (tertiary/aromatic N) is 1. The summed E-state index contributed by atoms with van der Waals surface area (Å²) in [4.78, 5) is 1.24. The fourth-order valence-electron chi connectivity index (χ4n) is 2.55. The number of hydrazine groups is 1. The van der Waals surface area contributed by atoms with Crippen LogP contribution < -0.4 is 11.3 Å². The van der Waals surface area contributed by atoms with E-state index in [9.17, 15) is 0 Å². The third-order valence-corrected chi connectivity index (χ3v) is 4.18. The first-order valence-electron chi connectivity index (χ1n) is 4.86. The van der Waals surface area contributed by atoms with Gasteiger partial charge >= 0.3 is 0 Å². The van der Waals surface area contributed by atoms with Crippen molar-refractivity contribution in [3.8, 4) is 0 Å². The number of rotatable bonds is 3. The Bertz CT molecular complexity index is 306. The van der Waals surface area contributed by atoms with Crippen molar-refractivity contribution in [1.29, 1.82) is 0 Å². The molecule has 1 saturated heterocycles. The van der Waals surface area contributed by atoms with Crippen molar-refractivity contribution in [1.82, 2.24) is 9.80 Å². The molecule has 3 rings (SSSR count). The number of nitrogens with one attached hydrogen (secondary N) is 1. The van der Waals surface area contributed by atoms with Gasteiger partial charge in [-0.05, 0) is 35.4 Å². The van der Waals surface area contributed by atoms with Gasteiger partial charge in [0.25, 0.3) is 0 Å². The highest BCUT2D eigenvalue weighted by atomic mass is 32.1. The Labute approximate surface area is 86.6 Å². The van der Waals surface area contributed by atoms with Gasteiger partial charge in [-0.2, -0.15) is 0 Å². The van der Waals surface area contributed by atoms with Crippen molar-refractivity contribution in [2.75, 3.05) is 13.2 Å². The van der Waals surface area contributed by atoms with Crippen LogP contribution >= 0.6 is 11.5 Å². The molecule has 76 valence electrons. The first kappa shape index (κ1) is 8.79. The number of ether oxygens (including phenoxy) is 1. The lowest BCUT2D eigenvalue weighted by atomic mass is 10.1. The lowest BCUT2D eigenvalue weighted by Crippen LogP contribution is -2.30. The van der Waals surface area contributed by atoms with E-state index in [1.165, 1.54) is 16.4 Å². The first-order valence-corrected chi connectivity index (χ1v) is 5.63. The van der Waals surface area contributed by atoms with Crippen LogP contribution in [0, 0.1) is 17.8 Å². The fraction of sp³-hybridized carbons (Fsp3) is 0.667. The van der Waals surface area contributed by atoms with Crippen LogP contribution in [0.4, 0.5) is 0 Å². The van der Waals surface area contributed by atoms with Gasteiger partial charge in [0.05, 0.1) is 19.3 Å². The molecule has 3 unspecified atom stereocenters. The molecule has 1 saturated carbocycles. The Morgan fingerprint density at radius 1 is 1.57 bits per heavy atom. The van der Waals surface area contributed by atoms with Gasteiger partial charge in [-0.3, -0.25) is 11.3 Å². The van der Waals surface area contributed by atoms with Crippen molar-refractivity contribution in [2.45, 2.75) is 6.04 Å². The van der Waals surface area contributed by atoms with Gasteiger partial charge in [0.1, 0.15) is 0 Å². The van der Waals surface area contributed by atoms with E-state index >= 15 is 0 Å². The molecule has 0 radical (unpaired) electrons. The molecule has 2 heterocycles. The van der Waals surface area contributed by atoms with Crippen LogP contribution in [0.3, 0.4) is 0 Å². The largest absolute Gasteiger partial charge is 0.381 e. The van der Waals surface area contributed by atoms with Crippen LogP contribution in [0.15, 0.2) is 12.3 Å². The fourth-order valence-corrected chi connectivity index (χ4v) is 3.25. The number of hydrogen-bond donors (Lipinski definition) is 2. The van der Waals surface area contributed by atoms with Crippen molar-refractivity contribution in [2.24, 2.45) is 23.6 Å². The predicted molar refractivity (Wildman–Crippen MR) is 53.5 cm³/mol. The van der Waals surface area contributed by atoms with Crippen molar-refractivity contribution in [3.63, 3.8) is 0 Å².